The average Bonchev–Trinajstić information content (AvgIpc) is 2.76. The quantitative estimate of drug-likeness (QED) is 0.462. The molecule has 0 N–H and O–H groups in total. The molecule has 0 saturated carbocycles. The van der Waals surface area contributed by atoms with Crippen LogP contribution in [0.2, 0.25) is 10.0 Å². The third kappa shape index (κ3) is 4.95. The normalized spacial score (nSPS) is 15.0. The Morgan fingerprint density at radius 3 is 2.55 bits per heavy atom. The van der Waals surface area contributed by atoms with E-state index in [-0.39, 0.29) is 0 Å². The van der Waals surface area contributed by atoms with Crippen molar-refractivity contribution in [3.8, 4) is 5.75 Å². The fourth-order valence-electron chi connectivity index (χ4n) is 3.76. The largest absolute Gasteiger partial charge is 0.491 e. The molecule has 0 spiro atoms. The zero-order valence-corrected chi connectivity index (χ0v) is 17.9. The van der Waals surface area contributed by atoms with E-state index in [0.717, 1.165) is 67.9 Å². The monoisotopic (exact) mass is 429 g/mol. The van der Waals surface area contributed by atoms with Crippen LogP contribution < -0.4 is 9.64 Å². The molecule has 0 unspecified atom stereocenters. The van der Waals surface area contributed by atoms with Crippen LogP contribution >= 0.6 is 23.2 Å². The van der Waals surface area contributed by atoms with Crippen molar-refractivity contribution in [1.29, 1.82) is 0 Å². The minimum absolute atomic E-state index is 0.619. The van der Waals surface area contributed by atoms with Crippen LogP contribution in [0.15, 0.2) is 54.7 Å². The number of unbranched alkanes of at least 4 members (excludes halogenated alkanes) is 1. The van der Waals surface area contributed by atoms with Crippen LogP contribution in [0.1, 0.15) is 12.8 Å². The summed E-state index contributed by atoms with van der Waals surface area (Å²) in [7, 11) is 0. The molecule has 1 saturated heterocycles. The second-order valence-corrected chi connectivity index (χ2v) is 8.07. The second kappa shape index (κ2) is 9.66. The molecule has 0 amide bonds. The predicted octanol–water partition coefficient (Wildman–Crippen LogP) is 5.52. The van der Waals surface area contributed by atoms with Gasteiger partial charge in [0.1, 0.15) is 11.3 Å². The number of piperazine rings is 1. The van der Waals surface area contributed by atoms with E-state index in [0.29, 0.717) is 16.7 Å². The van der Waals surface area contributed by atoms with Crippen molar-refractivity contribution < 1.29 is 4.74 Å². The van der Waals surface area contributed by atoms with E-state index in [9.17, 15) is 0 Å². The molecule has 4 rings (SSSR count). The zero-order chi connectivity index (χ0) is 20.1. The number of rotatable bonds is 7. The highest BCUT2D eigenvalue weighted by atomic mass is 35.5. The molecule has 1 aromatic heterocycles. The summed E-state index contributed by atoms with van der Waals surface area (Å²) in [5, 5.41) is 2.39. The lowest BCUT2D eigenvalue weighted by atomic mass is 10.2. The molecule has 152 valence electrons. The maximum atomic E-state index is 6.36. The van der Waals surface area contributed by atoms with Crippen LogP contribution in [0.4, 0.5) is 5.69 Å². The van der Waals surface area contributed by atoms with Crippen molar-refractivity contribution in [3.05, 3.63) is 64.8 Å². The molecule has 6 heteroatoms. The number of halogens is 2. The highest BCUT2D eigenvalue weighted by Gasteiger charge is 2.19. The Morgan fingerprint density at radius 1 is 0.897 bits per heavy atom. The Labute approximate surface area is 182 Å². The summed E-state index contributed by atoms with van der Waals surface area (Å²) in [6, 6.07) is 15.9. The van der Waals surface area contributed by atoms with Gasteiger partial charge in [-0.15, -0.1) is 0 Å². The first-order valence-corrected chi connectivity index (χ1v) is 10.9. The molecular weight excluding hydrogens is 405 g/mol. The van der Waals surface area contributed by atoms with E-state index in [4.69, 9.17) is 27.9 Å². The highest BCUT2D eigenvalue weighted by molar-refractivity contribution is 6.43. The molecule has 29 heavy (non-hydrogen) atoms. The second-order valence-electron chi connectivity index (χ2n) is 7.29. The van der Waals surface area contributed by atoms with Gasteiger partial charge in [0.2, 0.25) is 0 Å². The van der Waals surface area contributed by atoms with Crippen LogP contribution in [-0.2, 0) is 0 Å². The van der Waals surface area contributed by atoms with Crippen molar-refractivity contribution in [3.63, 3.8) is 0 Å². The van der Waals surface area contributed by atoms with Crippen molar-refractivity contribution in [1.82, 2.24) is 9.88 Å². The first-order valence-electron chi connectivity index (χ1n) is 10.1. The lowest BCUT2D eigenvalue weighted by Crippen LogP contribution is -2.46. The SMILES string of the molecule is Clc1cccc(N2CCN(CCCCOc3cccc4cccnc34)CC2)c1Cl. The van der Waals surface area contributed by atoms with E-state index in [2.05, 4.69) is 26.9 Å². The van der Waals surface area contributed by atoms with Gasteiger partial charge in [0.05, 0.1) is 22.3 Å². The van der Waals surface area contributed by atoms with Gasteiger partial charge in [-0.1, -0.05) is 47.5 Å². The van der Waals surface area contributed by atoms with Gasteiger partial charge in [-0.25, -0.2) is 0 Å². The van der Waals surface area contributed by atoms with Crippen molar-refractivity contribution in [2.45, 2.75) is 12.8 Å². The van der Waals surface area contributed by atoms with E-state index in [1.54, 1.807) is 0 Å². The predicted molar refractivity (Wildman–Crippen MR) is 122 cm³/mol. The molecule has 3 aromatic rings. The van der Waals surface area contributed by atoms with Crippen molar-refractivity contribution in [2.75, 3.05) is 44.2 Å². The Balaban J connectivity index is 1.19. The molecule has 1 fully saturated rings. The first kappa shape index (κ1) is 20.3. The number of anilines is 1. The number of ether oxygens (including phenoxy) is 1. The van der Waals surface area contributed by atoms with Crippen LogP contribution in [-0.4, -0.2) is 49.2 Å². The lowest BCUT2D eigenvalue weighted by Gasteiger charge is -2.36. The van der Waals surface area contributed by atoms with Crippen molar-refractivity contribution >= 4 is 39.8 Å². The maximum absolute atomic E-state index is 6.36. The summed E-state index contributed by atoms with van der Waals surface area (Å²) in [6.07, 6.45) is 3.96. The summed E-state index contributed by atoms with van der Waals surface area (Å²) >= 11 is 12.5. The van der Waals surface area contributed by atoms with Crippen molar-refractivity contribution in [2.24, 2.45) is 0 Å². The van der Waals surface area contributed by atoms with Crippen LogP contribution in [0.25, 0.3) is 10.9 Å². The molecule has 0 aliphatic carbocycles. The Hall–Kier alpha value is -2.01. The molecule has 0 atom stereocenters. The maximum Gasteiger partial charge on any atom is 0.145 e. The number of hydrogen-bond acceptors (Lipinski definition) is 4. The molecule has 1 aliphatic heterocycles. The third-order valence-electron chi connectivity index (χ3n) is 5.37. The number of aromatic nitrogens is 1. The number of nitrogens with zero attached hydrogens (tertiary/aromatic N) is 3. The van der Waals surface area contributed by atoms with Gasteiger partial charge >= 0.3 is 0 Å². The van der Waals surface area contributed by atoms with Gasteiger partial charge in [-0.3, -0.25) is 9.88 Å². The van der Waals surface area contributed by atoms with E-state index in [1.807, 2.05) is 42.6 Å². The zero-order valence-electron chi connectivity index (χ0n) is 16.4. The lowest BCUT2D eigenvalue weighted by molar-refractivity contribution is 0.239. The average molecular weight is 430 g/mol. The number of benzene rings is 2. The molecule has 4 nitrogen and oxygen atoms in total. The number of fused-ring (bicyclic) bond motifs is 1. The fourth-order valence-corrected chi connectivity index (χ4v) is 4.18. The molecule has 2 aromatic carbocycles. The molecule has 0 bridgehead atoms. The van der Waals surface area contributed by atoms with Gasteiger partial charge in [0.15, 0.2) is 0 Å². The van der Waals surface area contributed by atoms with Gasteiger partial charge in [0, 0.05) is 37.8 Å². The smallest absolute Gasteiger partial charge is 0.145 e. The topological polar surface area (TPSA) is 28.6 Å². The summed E-state index contributed by atoms with van der Waals surface area (Å²) in [5.41, 5.74) is 1.97. The summed E-state index contributed by atoms with van der Waals surface area (Å²) in [4.78, 5) is 9.27. The van der Waals surface area contributed by atoms with E-state index in [1.165, 1.54) is 0 Å². The molecule has 2 heterocycles. The van der Waals surface area contributed by atoms with Gasteiger partial charge in [-0.05, 0) is 43.7 Å². The van der Waals surface area contributed by atoms with Crippen LogP contribution in [0.3, 0.4) is 0 Å². The first-order chi connectivity index (χ1) is 14.2. The summed E-state index contributed by atoms with van der Waals surface area (Å²) in [6.45, 7) is 5.83. The Bertz CT molecular complexity index is 953. The number of para-hydroxylation sites is 1. The Morgan fingerprint density at radius 2 is 1.69 bits per heavy atom. The van der Waals surface area contributed by atoms with Gasteiger partial charge in [0.25, 0.3) is 0 Å². The van der Waals surface area contributed by atoms with Gasteiger partial charge < -0.3 is 9.64 Å². The van der Waals surface area contributed by atoms with Crippen LogP contribution in [0, 0.1) is 0 Å². The summed E-state index contributed by atoms with van der Waals surface area (Å²) < 4.78 is 5.99. The minimum Gasteiger partial charge on any atom is -0.491 e. The minimum atomic E-state index is 0.619. The highest BCUT2D eigenvalue weighted by Crippen LogP contribution is 2.32. The van der Waals surface area contributed by atoms with E-state index < -0.39 is 0 Å². The molecule has 0 radical (unpaired) electrons. The van der Waals surface area contributed by atoms with Gasteiger partial charge in [-0.2, -0.15) is 0 Å². The number of hydrogen-bond donors (Lipinski definition) is 0. The Kier molecular flexibility index (Phi) is 6.75. The number of pyridine rings is 1. The molecular formula is C23H25Cl2N3O. The third-order valence-corrected chi connectivity index (χ3v) is 6.18. The standard InChI is InChI=1S/C23H25Cl2N3O/c24-19-8-4-9-20(22(19)25)28-15-13-27(14-16-28)12-1-2-17-29-21-10-3-6-18-7-5-11-26-23(18)21/h3-11H,1-2,12-17H2. The fraction of sp³-hybridized carbons (Fsp3) is 0.348. The van der Waals surface area contributed by atoms with Crippen LogP contribution in [0.5, 0.6) is 5.75 Å². The summed E-state index contributed by atoms with van der Waals surface area (Å²) in [5.74, 6) is 0.870. The van der Waals surface area contributed by atoms with E-state index >= 15 is 0 Å². The molecule has 1 aliphatic rings.